The van der Waals surface area contributed by atoms with Gasteiger partial charge < -0.3 is 9.88 Å². The molecule has 1 N–H and O–H groups in total. The van der Waals surface area contributed by atoms with Crippen LogP contribution in [0.1, 0.15) is 5.01 Å². The number of thiazole rings is 1. The molecule has 3 rings (SSSR count). The van der Waals surface area contributed by atoms with Crippen LogP contribution in [0.4, 0.5) is 0 Å². The number of aromatic nitrogens is 3. The Labute approximate surface area is 109 Å². The van der Waals surface area contributed by atoms with Crippen molar-refractivity contribution in [2.75, 3.05) is 6.54 Å². The van der Waals surface area contributed by atoms with Crippen LogP contribution < -0.4 is 5.32 Å². The summed E-state index contributed by atoms with van der Waals surface area (Å²) >= 11 is 1.75. The predicted octanol–water partition coefficient (Wildman–Crippen LogP) is 2.28. The van der Waals surface area contributed by atoms with Gasteiger partial charge in [0.2, 0.25) is 0 Å². The number of imidazole rings is 1. The minimum absolute atomic E-state index is 0.827. The highest BCUT2D eigenvalue weighted by Crippen LogP contribution is 2.21. The summed E-state index contributed by atoms with van der Waals surface area (Å²) in [4.78, 5) is 8.60. The fourth-order valence-electron chi connectivity index (χ4n) is 1.82. The summed E-state index contributed by atoms with van der Waals surface area (Å²) in [5.74, 6) is 0. The SMILES string of the molecule is c1ccc2sc(CNCCn3ccnc3)nc2c1. The number of para-hydroxylation sites is 1. The molecular weight excluding hydrogens is 244 g/mol. The van der Waals surface area contributed by atoms with Gasteiger partial charge >= 0.3 is 0 Å². The lowest BCUT2D eigenvalue weighted by Gasteiger charge is -2.02. The quantitative estimate of drug-likeness (QED) is 0.714. The van der Waals surface area contributed by atoms with Gasteiger partial charge in [0.15, 0.2) is 0 Å². The average molecular weight is 258 g/mol. The molecule has 0 bridgehead atoms. The van der Waals surface area contributed by atoms with Crippen molar-refractivity contribution in [3.63, 3.8) is 0 Å². The lowest BCUT2D eigenvalue weighted by molar-refractivity contribution is 0.596. The van der Waals surface area contributed by atoms with E-state index in [-0.39, 0.29) is 0 Å². The van der Waals surface area contributed by atoms with E-state index in [1.54, 1.807) is 17.5 Å². The number of hydrogen-bond donors (Lipinski definition) is 1. The van der Waals surface area contributed by atoms with E-state index in [1.807, 2.05) is 18.6 Å². The monoisotopic (exact) mass is 258 g/mol. The van der Waals surface area contributed by atoms with Crippen LogP contribution in [0.5, 0.6) is 0 Å². The summed E-state index contributed by atoms with van der Waals surface area (Å²) in [6.45, 7) is 2.69. The van der Waals surface area contributed by atoms with Gasteiger partial charge in [-0.1, -0.05) is 12.1 Å². The Bertz CT molecular complexity index is 582. The molecule has 2 aromatic heterocycles. The van der Waals surface area contributed by atoms with Gasteiger partial charge in [0, 0.05) is 32.0 Å². The first-order chi connectivity index (χ1) is 8.92. The Hall–Kier alpha value is -1.72. The molecule has 92 valence electrons. The molecule has 0 saturated carbocycles. The van der Waals surface area contributed by atoms with E-state index in [0.29, 0.717) is 0 Å². The van der Waals surface area contributed by atoms with Gasteiger partial charge in [-0.25, -0.2) is 9.97 Å². The van der Waals surface area contributed by atoms with Crippen LogP contribution in [0.3, 0.4) is 0 Å². The second kappa shape index (κ2) is 5.29. The molecule has 5 heteroatoms. The highest BCUT2D eigenvalue weighted by molar-refractivity contribution is 7.18. The minimum atomic E-state index is 0.827. The third-order valence-electron chi connectivity index (χ3n) is 2.72. The van der Waals surface area contributed by atoms with Crippen molar-refractivity contribution in [3.05, 3.63) is 48.0 Å². The van der Waals surface area contributed by atoms with Crippen LogP contribution >= 0.6 is 11.3 Å². The zero-order chi connectivity index (χ0) is 12.2. The number of hydrogen-bond acceptors (Lipinski definition) is 4. The maximum atomic E-state index is 4.58. The summed E-state index contributed by atoms with van der Waals surface area (Å²) in [5.41, 5.74) is 1.09. The number of fused-ring (bicyclic) bond motifs is 1. The Morgan fingerprint density at radius 1 is 1.28 bits per heavy atom. The fourth-order valence-corrected chi connectivity index (χ4v) is 2.75. The molecule has 0 atom stereocenters. The summed E-state index contributed by atoms with van der Waals surface area (Å²) in [5, 5.41) is 4.54. The third-order valence-corrected chi connectivity index (χ3v) is 3.76. The minimum Gasteiger partial charge on any atom is -0.336 e. The van der Waals surface area contributed by atoms with Crippen molar-refractivity contribution in [1.82, 2.24) is 19.9 Å². The van der Waals surface area contributed by atoms with E-state index >= 15 is 0 Å². The summed E-state index contributed by atoms with van der Waals surface area (Å²) in [7, 11) is 0. The van der Waals surface area contributed by atoms with Crippen LogP contribution in [-0.4, -0.2) is 21.1 Å². The van der Waals surface area contributed by atoms with Gasteiger partial charge in [-0.05, 0) is 12.1 Å². The second-order valence-electron chi connectivity index (χ2n) is 4.05. The molecule has 0 amide bonds. The maximum Gasteiger partial charge on any atom is 0.108 e. The number of rotatable bonds is 5. The number of nitrogens with one attached hydrogen (secondary N) is 1. The molecule has 0 unspecified atom stereocenters. The molecule has 0 spiro atoms. The number of benzene rings is 1. The van der Waals surface area contributed by atoms with Crippen molar-refractivity contribution in [3.8, 4) is 0 Å². The first kappa shape index (κ1) is 11.4. The normalized spacial score (nSPS) is 11.1. The van der Waals surface area contributed by atoms with E-state index < -0.39 is 0 Å². The molecule has 0 aliphatic carbocycles. The van der Waals surface area contributed by atoms with Crippen LogP contribution in [0.2, 0.25) is 0 Å². The molecule has 0 fully saturated rings. The topological polar surface area (TPSA) is 42.7 Å². The van der Waals surface area contributed by atoms with E-state index in [4.69, 9.17) is 0 Å². The third kappa shape index (κ3) is 2.57. The van der Waals surface area contributed by atoms with Gasteiger partial charge in [0.1, 0.15) is 5.01 Å². The van der Waals surface area contributed by atoms with Gasteiger partial charge in [-0.3, -0.25) is 0 Å². The van der Waals surface area contributed by atoms with Crippen LogP contribution in [0.25, 0.3) is 10.2 Å². The van der Waals surface area contributed by atoms with Gasteiger partial charge in [-0.15, -0.1) is 11.3 Å². The highest BCUT2D eigenvalue weighted by atomic mass is 32.1. The molecule has 0 radical (unpaired) electrons. The smallest absolute Gasteiger partial charge is 0.108 e. The van der Waals surface area contributed by atoms with Crippen molar-refractivity contribution >= 4 is 21.6 Å². The number of nitrogens with zero attached hydrogens (tertiary/aromatic N) is 3. The van der Waals surface area contributed by atoms with Gasteiger partial charge in [0.25, 0.3) is 0 Å². The highest BCUT2D eigenvalue weighted by Gasteiger charge is 2.01. The van der Waals surface area contributed by atoms with Crippen molar-refractivity contribution in [1.29, 1.82) is 0 Å². The zero-order valence-electron chi connectivity index (χ0n) is 9.91. The van der Waals surface area contributed by atoms with Crippen molar-refractivity contribution in [2.24, 2.45) is 0 Å². The van der Waals surface area contributed by atoms with Gasteiger partial charge in [-0.2, -0.15) is 0 Å². The standard InChI is InChI=1S/C13H14N4S/c1-2-4-12-11(3-1)16-13(18-12)9-14-5-7-17-8-6-15-10-17/h1-4,6,8,10,14H,5,7,9H2. The lowest BCUT2D eigenvalue weighted by atomic mass is 10.3. The van der Waals surface area contributed by atoms with Crippen molar-refractivity contribution < 1.29 is 0 Å². The molecule has 0 aliphatic heterocycles. The molecule has 1 aromatic carbocycles. The molecule has 18 heavy (non-hydrogen) atoms. The van der Waals surface area contributed by atoms with E-state index in [9.17, 15) is 0 Å². The lowest BCUT2D eigenvalue weighted by Crippen LogP contribution is -2.18. The predicted molar refractivity (Wildman–Crippen MR) is 73.6 cm³/mol. The summed E-state index contributed by atoms with van der Waals surface area (Å²) in [6.07, 6.45) is 5.60. The first-order valence-corrected chi connectivity index (χ1v) is 6.74. The summed E-state index contributed by atoms with van der Waals surface area (Å²) in [6, 6.07) is 8.25. The van der Waals surface area contributed by atoms with Crippen LogP contribution in [0.15, 0.2) is 43.0 Å². The van der Waals surface area contributed by atoms with Crippen LogP contribution in [-0.2, 0) is 13.1 Å². The van der Waals surface area contributed by atoms with Gasteiger partial charge in [0.05, 0.1) is 16.5 Å². The Morgan fingerprint density at radius 3 is 3.06 bits per heavy atom. The fraction of sp³-hybridized carbons (Fsp3) is 0.231. The molecule has 4 nitrogen and oxygen atoms in total. The second-order valence-corrected chi connectivity index (χ2v) is 5.17. The maximum absolute atomic E-state index is 4.58. The molecule has 0 saturated heterocycles. The average Bonchev–Trinajstić information content (AvgIpc) is 3.03. The Balaban J connectivity index is 1.53. The first-order valence-electron chi connectivity index (χ1n) is 5.93. The Morgan fingerprint density at radius 2 is 2.22 bits per heavy atom. The largest absolute Gasteiger partial charge is 0.336 e. The molecular formula is C13H14N4S. The summed E-state index contributed by atoms with van der Waals surface area (Å²) < 4.78 is 3.31. The van der Waals surface area contributed by atoms with E-state index in [2.05, 4.69) is 38.1 Å². The molecule has 2 heterocycles. The molecule has 0 aliphatic rings. The zero-order valence-corrected chi connectivity index (χ0v) is 10.7. The van der Waals surface area contributed by atoms with E-state index in [0.717, 1.165) is 30.2 Å². The van der Waals surface area contributed by atoms with Crippen molar-refractivity contribution in [2.45, 2.75) is 13.1 Å². The Kier molecular flexibility index (Phi) is 3.34. The molecule has 3 aromatic rings. The van der Waals surface area contributed by atoms with Crippen LogP contribution in [0, 0.1) is 0 Å². The van der Waals surface area contributed by atoms with E-state index in [1.165, 1.54) is 4.70 Å².